The van der Waals surface area contributed by atoms with Crippen LogP contribution < -0.4 is 10.1 Å². The zero-order chi connectivity index (χ0) is 17.1. The Morgan fingerprint density at radius 3 is 2.10 bits per heavy atom. The first-order valence-corrected chi connectivity index (χ1v) is 7.69. The molecule has 1 aromatic carbocycles. The lowest BCUT2D eigenvalue weighted by Crippen LogP contribution is -2.08. The van der Waals surface area contributed by atoms with Gasteiger partial charge in [0.1, 0.15) is 6.29 Å². The van der Waals surface area contributed by atoms with Crippen LogP contribution in [0.5, 0.6) is 5.75 Å². The molecular formula is C17H32FNO2. The summed E-state index contributed by atoms with van der Waals surface area (Å²) in [5.74, 6) is 0.0638. The van der Waals surface area contributed by atoms with E-state index in [-0.39, 0.29) is 5.82 Å². The van der Waals surface area contributed by atoms with E-state index in [1.807, 2.05) is 54.7 Å². The van der Waals surface area contributed by atoms with Gasteiger partial charge >= 0.3 is 0 Å². The monoisotopic (exact) mass is 301 g/mol. The van der Waals surface area contributed by atoms with Crippen LogP contribution in [0.15, 0.2) is 18.2 Å². The molecule has 4 heteroatoms. The molecule has 3 nitrogen and oxygen atoms in total. The van der Waals surface area contributed by atoms with Gasteiger partial charge in [0.05, 0.1) is 6.61 Å². The quantitative estimate of drug-likeness (QED) is 0.808. The van der Waals surface area contributed by atoms with Gasteiger partial charge < -0.3 is 14.8 Å². The smallest absolute Gasteiger partial charge is 0.165 e. The number of carbonyl (C=O) groups excluding carboxylic acids is 1. The Morgan fingerprint density at radius 2 is 1.71 bits per heavy atom. The summed E-state index contributed by atoms with van der Waals surface area (Å²) in [5, 5.41) is 2.96. The van der Waals surface area contributed by atoms with Crippen LogP contribution in [0.3, 0.4) is 0 Å². The molecule has 124 valence electrons. The fraction of sp³-hybridized carbons (Fsp3) is 0.588. The van der Waals surface area contributed by atoms with Gasteiger partial charge in [-0.15, -0.1) is 0 Å². The van der Waals surface area contributed by atoms with Crippen LogP contribution in [-0.2, 0) is 11.3 Å². The Labute approximate surface area is 129 Å². The highest BCUT2D eigenvalue weighted by Crippen LogP contribution is 2.22. The van der Waals surface area contributed by atoms with Crippen LogP contribution in [0.1, 0.15) is 53.5 Å². The van der Waals surface area contributed by atoms with E-state index >= 15 is 0 Å². The second-order valence-electron chi connectivity index (χ2n) is 3.27. The van der Waals surface area contributed by atoms with Gasteiger partial charge in [-0.3, -0.25) is 0 Å². The molecule has 0 unspecified atom stereocenters. The summed E-state index contributed by atoms with van der Waals surface area (Å²) >= 11 is 0. The largest absolute Gasteiger partial charge is 0.490 e. The highest BCUT2D eigenvalue weighted by molar-refractivity contribution is 5.48. The maximum atomic E-state index is 13.2. The summed E-state index contributed by atoms with van der Waals surface area (Å²) in [7, 11) is 1.82. The number of aldehydes is 1. The van der Waals surface area contributed by atoms with Gasteiger partial charge in [0.25, 0.3) is 0 Å². The third-order valence-electron chi connectivity index (χ3n) is 1.87. The maximum Gasteiger partial charge on any atom is 0.165 e. The van der Waals surface area contributed by atoms with Crippen molar-refractivity contribution in [3.63, 3.8) is 0 Å². The topological polar surface area (TPSA) is 38.3 Å². The van der Waals surface area contributed by atoms with E-state index in [1.54, 1.807) is 6.07 Å². The molecule has 0 amide bonds. The lowest BCUT2D eigenvalue weighted by atomic mass is 10.2. The lowest BCUT2D eigenvalue weighted by Gasteiger charge is -2.10. The molecule has 0 aliphatic rings. The molecule has 21 heavy (non-hydrogen) atoms. The highest BCUT2D eigenvalue weighted by Gasteiger charge is 2.07. The second kappa shape index (κ2) is 20.9. The zero-order valence-electron chi connectivity index (χ0n) is 14.6. The minimum absolute atomic E-state index is 0.297. The van der Waals surface area contributed by atoms with Gasteiger partial charge in [-0.25, -0.2) is 4.39 Å². The number of halogens is 1. The van der Waals surface area contributed by atoms with Gasteiger partial charge in [0.2, 0.25) is 0 Å². The van der Waals surface area contributed by atoms with Crippen molar-refractivity contribution in [2.24, 2.45) is 0 Å². The summed E-state index contributed by atoms with van der Waals surface area (Å²) in [6.07, 6.45) is 1.51. The van der Waals surface area contributed by atoms with Crippen molar-refractivity contribution < 1.29 is 13.9 Å². The lowest BCUT2D eigenvalue weighted by molar-refractivity contribution is -0.107. The average Bonchev–Trinajstić information content (AvgIpc) is 2.55. The average molecular weight is 301 g/mol. The van der Waals surface area contributed by atoms with Crippen molar-refractivity contribution in [2.45, 2.75) is 54.5 Å². The van der Waals surface area contributed by atoms with Crippen molar-refractivity contribution in [3.05, 3.63) is 29.6 Å². The van der Waals surface area contributed by atoms with Crippen LogP contribution >= 0.6 is 0 Å². The maximum absolute atomic E-state index is 13.2. The molecule has 0 fully saturated rings. The van der Waals surface area contributed by atoms with E-state index in [0.717, 1.165) is 11.8 Å². The second-order valence-corrected chi connectivity index (χ2v) is 3.27. The highest BCUT2D eigenvalue weighted by atomic mass is 19.1. The molecule has 0 heterocycles. The fourth-order valence-corrected chi connectivity index (χ4v) is 1.19. The van der Waals surface area contributed by atoms with E-state index in [0.29, 0.717) is 25.3 Å². The summed E-state index contributed by atoms with van der Waals surface area (Å²) < 4.78 is 18.4. The summed E-state index contributed by atoms with van der Waals surface area (Å²) in [6, 6.07) is 4.94. The molecule has 0 atom stereocenters. The molecule has 0 radical (unpaired) electrons. The minimum Gasteiger partial charge on any atom is -0.490 e. The SMILES string of the molecule is CC.CC.CCC=O.CCOc1c(F)cccc1CNC. The fourth-order valence-electron chi connectivity index (χ4n) is 1.19. The summed E-state index contributed by atoms with van der Waals surface area (Å²) in [5.41, 5.74) is 0.851. The predicted octanol–water partition coefficient (Wildman–Crippen LogP) is 4.59. The number of benzene rings is 1. The van der Waals surface area contributed by atoms with Crippen LogP contribution in [0.2, 0.25) is 0 Å². The predicted molar refractivity (Wildman–Crippen MR) is 89.4 cm³/mol. The number of nitrogens with one attached hydrogen (secondary N) is 1. The van der Waals surface area contributed by atoms with Crippen LogP contribution in [0.25, 0.3) is 0 Å². The summed E-state index contributed by atoms with van der Waals surface area (Å²) in [6.45, 7) is 12.8. The van der Waals surface area contributed by atoms with Crippen molar-refractivity contribution in [1.29, 1.82) is 0 Å². The first-order valence-electron chi connectivity index (χ1n) is 7.69. The Balaban J connectivity index is -0.000000343. The van der Waals surface area contributed by atoms with Crippen LogP contribution in [-0.4, -0.2) is 19.9 Å². The van der Waals surface area contributed by atoms with Crippen molar-refractivity contribution in [3.8, 4) is 5.75 Å². The van der Waals surface area contributed by atoms with Gasteiger partial charge in [-0.1, -0.05) is 46.8 Å². The Kier molecular flexibility index (Phi) is 24.5. The summed E-state index contributed by atoms with van der Waals surface area (Å²) in [4.78, 5) is 9.17. The molecule has 0 bridgehead atoms. The molecule has 0 aliphatic heterocycles. The first-order chi connectivity index (χ1) is 10.2. The van der Waals surface area contributed by atoms with E-state index < -0.39 is 0 Å². The molecule has 1 rings (SSSR count). The van der Waals surface area contributed by atoms with Crippen molar-refractivity contribution >= 4 is 6.29 Å². The van der Waals surface area contributed by atoms with Gasteiger partial charge in [-0.05, 0) is 20.0 Å². The minimum atomic E-state index is -0.297. The van der Waals surface area contributed by atoms with E-state index in [4.69, 9.17) is 4.74 Å². The standard InChI is InChI=1S/C10H14FNO.C3H6O.2C2H6/c1-3-13-10-8(7-12-2)5-4-6-9(10)11;1-2-3-4;2*1-2/h4-6,12H,3,7H2,1-2H3;3H,2H2,1H3;2*1-2H3. The molecule has 1 aromatic rings. The van der Waals surface area contributed by atoms with E-state index in [2.05, 4.69) is 5.32 Å². The molecule has 0 spiro atoms. The van der Waals surface area contributed by atoms with Gasteiger partial charge in [-0.2, -0.15) is 0 Å². The number of ether oxygens (including phenoxy) is 1. The number of hydrogen-bond donors (Lipinski definition) is 1. The number of rotatable bonds is 5. The number of hydrogen-bond acceptors (Lipinski definition) is 3. The Bertz CT molecular complexity index is 331. The van der Waals surface area contributed by atoms with E-state index in [9.17, 15) is 9.18 Å². The molecular weight excluding hydrogens is 269 g/mol. The van der Waals surface area contributed by atoms with Gasteiger partial charge in [0.15, 0.2) is 11.6 Å². The van der Waals surface area contributed by atoms with Crippen LogP contribution in [0, 0.1) is 5.82 Å². The first kappa shape index (κ1) is 24.6. The van der Waals surface area contributed by atoms with Gasteiger partial charge in [0, 0.05) is 18.5 Å². The van der Waals surface area contributed by atoms with Crippen molar-refractivity contribution in [1.82, 2.24) is 5.32 Å². The number of para-hydroxylation sites is 1. The normalized spacial score (nSPS) is 8.00. The molecule has 0 aliphatic carbocycles. The molecule has 0 saturated carbocycles. The Hall–Kier alpha value is -1.42. The third kappa shape index (κ3) is 13.3. The van der Waals surface area contributed by atoms with Crippen molar-refractivity contribution in [2.75, 3.05) is 13.7 Å². The molecule has 1 N–H and O–H groups in total. The van der Waals surface area contributed by atoms with E-state index in [1.165, 1.54) is 6.07 Å². The van der Waals surface area contributed by atoms with Crippen LogP contribution in [0.4, 0.5) is 4.39 Å². The molecule has 0 aromatic heterocycles. The third-order valence-corrected chi connectivity index (χ3v) is 1.87. The number of carbonyl (C=O) groups is 1. The zero-order valence-corrected chi connectivity index (χ0v) is 14.6. The molecule has 0 saturated heterocycles. The Morgan fingerprint density at radius 1 is 1.19 bits per heavy atom.